The van der Waals surface area contributed by atoms with Gasteiger partial charge in [0.25, 0.3) is 0 Å². The van der Waals surface area contributed by atoms with Gasteiger partial charge in [0, 0.05) is 12.7 Å². The normalized spacial score (nSPS) is 9.84. The Morgan fingerprint density at radius 2 is 2.11 bits per heavy atom. The molecular formula is C15H19FO3. The number of halogens is 1. The molecule has 1 rings (SSSR count). The van der Waals surface area contributed by atoms with Gasteiger partial charge in [-0.25, -0.2) is 4.39 Å². The Labute approximate surface area is 113 Å². The topological polar surface area (TPSA) is 38.7 Å². The number of ether oxygens (including phenoxy) is 2. The highest BCUT2D eigenvalue weighted by atomic mass is 19.1. The number of rotatable bonds is 7. The summed E-state index contributed by atoms with van der Waals surface area (Å²) in [5.41, 5.74) is 0.251. The Kier molecular flexibility index (Phi) is 7.64. The number of benzene rings is 1. The highest BCUT2D eigenvalue weighted by Gasteiger charge is 2.02. The van der Waals surface area contributed by atoms with E-state index in [1.807, 2.05) is 0 Å². The first-order valence-corrected chi connectivity index (χ1v) is 6.37. The molecule has 0 unspecified atom stereocenters. The van der Waals surface area contributed by atoms with Crippen LogP contribution in [0, 0.1) is 17.7 Å². The second kappa shape index (κ2) is 9.37. The summed E-state index contributed by atoms with van der Waals surface area (Å²) in [6, 6.07) is 4.47. The van der Waals surface area contributed by atoms with Crippen LogP contribution in [0.3, 0.4) is 0 Å². The van der Waals surface area contributed by atoms with Crippen LogP contribution >= 0.6 is 0 Å². The van der Waals surface area contributed by atoms with Crippen molar-refractivity contribution >= 4 is 0 Å². The van der Waals surface area contributed by atoms with Gasteiger partial charge in [-0.1, -0.05) is 25.2 Å². The van der Waals surface area contributed by atoms with Gasteiger partial charge in [0.15, 0.2) is 0 Å². The zero-order chi connectivity index (χ0) is 13.9. The molecule has 0 aliphatic heterocycles. The zero-order valence-electron chi connectivity index (χ0n) is 11.1. The summed E-state index contributed by atoms with van der Waals surface area (Å²) < 4.78 is 24.3. The molecule has 1 N–H and O–H groups in total. The molecule has 0 fully saturated rings. The third kappa shape index (κ3) is 6.23. The molecule has 0 saturated carbocycles. The fraction of sp³-hybridized carbons (Fsp3) is 0.467. The quantitative estimate of drug-likeness (QED) is 0.608. The van der Waals surface area contributed by atoms with Crippen molar-refractivity contribution in [2.45, 2.75) is 19.8 Å². The Morgan fingerprint density at radius 1 is 1.26 bits per heavy atom. The van der Waals surface area contributed by atoms with Gasteiger partial charge in [-0.15, -0.1) is 0 Å². The van der Waals surface area contributed by atoms with Gasteiger partial charge in [0.1, 0.15) is 24.8 Å². The Morgan fingerprint density at radius 3 is 2.79 bits per heavy atom. The summed E-state index contributed by atoms with van der Waals surface area (Å²) in [4.78, 5) is 0. The first-order valence-electron chi connectivity index (χ1n) is 6.37. The third-order valence-corrected chi connectivity index (χ3v) is 2.38. The lowest BCUT2D eigenvalue weighted by Gasteiger charge is -2.07. The summed E-state index contributed by atoms with van der Waals surface area (Å²) >= 11 is 0. The number of hydrogen-bond acceptors (Lipinski definition) is 3. The molecule has 0 spiro atoms. The van der Waals surface area contributed by atoms with E-state index >= 15 is 0 Å². The lowest BCUT2D eigenvalue weighted by Crippen LogP contribution is -2.07. The minimum Gasteiger partial charge on any atom is -0.491 e. The Balaban J connectivity index is 2.37. The van der Waals surface area contributed by atoms with Crippen molar-refractivity contribution < 1.29 is 19.0 Å². The van der Waals surface area contributed by atoms with Gasteiger partial charge in [-0.2, -0.15) is 0 Å². The average Bonchev–Trinajstić information content (AvgIpc) is 2.42. The van der Waals surface area contributed by atoms with E-state index in [0.29, 0.717) is 19.0 Å². The predicted molar refractivity (Wildman–Crippen MR) is 71.6 cm³/mol. The van der Waals surface area contributed by atoms with Gasteiger partial charge in [0.05, 0.1) is 12.2 Å². The third-order valence-electron chi connectivity index (χ3n) is 2.38. The molecule has 104 valence electrons. The molecular weight excluding hydrogens is 247 g/mol. The average molecular weight is 266 g/mol. The SMILES string of the molecule is CCCCOCCOc1ccc(C#CCO)c(F)c1. The Bertz CT molecular complexity index is 435. The molecule has 0 aromatic heterocycles. The molecule has 0 aliphatic rings. The van der Waals surface area contributed by atoms with Crippen LogP contribution in [0.25, 0.3) is 0 Å². The molecule has 0 atom stereocenters. The van der Waals surface area contributed by atoms with E-state index in [0.717, 1.165) is 19.4 Å². The van der Waals surface area contributed by atoms with Crippen LogP contribution in [0.15, 0.2) is 18.2 Å². The van der Waals surface area contributed by atoms with Crippen LogP contribution in [0.1, 0.15) is 25.3 Å². The standard InChI is InChI=1S/C15H19FO3/c1-2-3-9-18-10-11-19-14-7-6-13(5-4-8-17)15(16)12-14/h6-7,12,17H,2-3,8-11H2,1H3. The fourth-order valence-electron chi connectivity index (χ4n) is 1.39. The summed E-state index contributed by atoms with van der Waals surface area (Å²) in [6.45, 7) is 3.43. The van der Waals surface area contributed by atoms with Crippen LogP contribution in [-0.4, -0.2) is 31.5 Å². The summed E-state index contributed by atoms with van der Waals surface area (Å²) in [7, 11) is 0. The van der Waals surface area contributed by atoms with Gasteiger partial charge in [-0.3, -0.25) is 0 Å². The maximum absolute atomic E-state index is 13.6. The molecule has 0 saturated heterocycles. The van der Waals surface area contributed by atoms with E-state index < -0.39 is 5.82 Å². The lowest BCUT2D eigenvalue weighted by molar-refractivity contribution is 0.0979. The summed E-state index contributed by atoms with van der Waals surface area (Å²) in [5.74, 6) is 4.92. The highest BCUT2D eigenvalue weighted by Crippen LogP contribution is 2.15. The molecule has 1 aromatic rings. The maximum Gasteiger partial charge on any atom is 0.142 e. The summed E-state index contributed by atoms with van der Waals surface area (Å²) in [6.07, 6.45) is 2.13. The lowest BCUT2D eigenvalue weighted by atomic mass is 10.2. The van der Waals surface area contributed by atoms with E-state index in [2.05, 4.69) is 18.8 Å². The van der Waals surface area contributed by atoms with Gasteiger partial charge in [0.2, 0.25) is 0 Å². The molecule has 0 aliphatic carbocycles. The number of aliphatic hydroxyl groups is 1. The van der Waals surface area contributed by atoms with Crippen LogP contribution in [0.4, 0.5) is 4.39 Å². The fourth-order valence-corrected chi connectivity index (χ4v) is 1.39. The smallest absolute Gasteiger partial charge is 0.142 e. The number of aliphatic hydroxyl groups excluding tert-OH is 1. The van der Waals surface area contributed by atoms with Gasteiger partial charge >= 0.3 is 0 Å². The second-order valence-electron chi connectivity index (χ2n) is 3.92. The molecule has 0 bridgehead atoms. The van der Waals surface area contributed by atoms with Crippen LogP contribution in [0.2, 0.25) is 0 Å². The van der Waals surface area contributed by atoms with Crippen molar-refractivity contribution in [1.29, 1.82) is 0 Å². The molecule has 0 amide bonds. The zero-order valence-corrected chi connectivity index (χ0v) is 11.1. The molecule has 0 heterocycles. The van der Waals surface area contributed by atoms with Crippen molar-refractivity contribution in [3.63, 3.8) is 0 Å². The van der Waals surface area contributed by atoms with Crippen LogP contribution in [-0.2, 0) is 4.74 Å². The minimum absolute atomic E-state index is 0.251. The van der Waals surface area contributed by atoms with Crippen LogP contribution < -0.4 is 4.74 Å². The first kappa shape index (κ1) is 15.5. The predicted octanol–water partition coefficient (Wildman–Crippen LogP) is 2.37. The van der Waals surface area contributed by atoms with Crippen molar-refractivity contribution in [1.82, 2.24) is 0 Å². The van der Waals surface area contributed by atoms with Gasteiger partial charge in [-0.05, 0) is 18.6 Å². The molecule has 4 heteroatoms. The van der Waals surface area contributed by atoms with E-state index in [1.165, 1.54) is 12.1 Å². The van der Waals surface area contributed by atoms with E-state index in [1.54, 1.807) is 6.07 Å². The van der Waals surface area contributed by atoms with Crippen LogP contribution in [0.5, 0.6) is 5.75 Å². The van der Waals surface area contributed by atoms with E-state index in [-0.39, 0.29) is 12.2 Å². The first-order chi connectivity index (χ1) is 9.27. The molecule has 3 nitrogen and oxygen atoms in total. The Hall–Kier alpha value is -1.57. The number of hydrogen-bond donors (Lipinski definition) is 1. The molecule has 1 aromatic carbocycles. The number of unbranched alkanes of at least 4 members (excludes halogenated alkanes) is 1. The van der Waals surface area contributed by atoms with Crippen molar-refractivity contribution in [3.05, 3.63) is 29.6 Å². The van der Waals surface area contributed by atoms with Crippen molar-refractivity contribution in [2.24, 2.45) is 0 Å². The van der Waals surface area contributed by atoms with E-state index in [4.69, 9.17) is 14.6 Å². The summed E-state index contributed by atoms with van der Waals surface area (Å²) in [5, 5.41) is 8.54. The monoisotopic (exact) mass is 266 g/mol. The maximum atomic E-state index is 13.6. The van der Waals surface area contributed by atoms with Crippen molar-refractivity contribution in [3.8, 4) is 17.6 Å². The van der Waals surface area contributed by atoms with Crippen molar-refractivity contribution in [2.75, 3.05) is 26.4 Å². The highest BCUT2D eigenvalue weighted by molar-refractivity contribution is 5.39. The van der Waals surface area contributed by atoms with E-state index in [9.17, 15) is 4.39 Å². The molecule has 0 radical (unpaired) electrons. The minimum atomic E-state index is -0.453. The van der Waals surface area contributed by atoms with Gasteiger partial charge < -0.3 is 14.6 Å². The molecule has 19 heavy (non-hydrogen) atoms. The second-order valence-corrected chi connectivity index (χ2v) is 3.92. The largest absolute Gasteiger partial charge is 0.491 e.